The van der Waals surface area contributed by atoms with Gasteiger partial charge in [-0.15, -0.1) is 0 Å². The summed E-state index contributed by atoms with van der Waals surface area (Å²) in [6.45, 7) is 3.47. The third kappa shape index (κ3) is 2.19. The minimum absolute atomic E-state index is 0.260. The Bertz CT molecular complexity index is 777. The quantitative estimate of drug-likeness (QED) is 0.778. The first-order valence-electron chi connectivity index (χ1n) is 6.21. The van der Waals surface area contributed by atoms with E-state index in [0.29, 0.717) is 29.9 Å². The van der Waals surface area contributed by atoms with Gasteiger partial charge in [0.25, 0.3) is 11.1 Å². The van der Waals surface area contributed by atoms with Crippen molar-refractivity contribution in [3.8, 4) is 0 Å². The number of pyridine rings is 1. The molecule has 0 aliphatic carbocycles. The van der Waals surface area contributed by atoms with Gasteiger partial charge in [-0.05, 0) is 22.9 Å². The molecule has 0 saturated carbocycles. The van der Waals surface area contributed by atoms with Crippen LogP contribution in [0, 0.1) is 6.92 Å². The smallest absolute Gasteiger partial charge is 0.269 e. The van der Waals surface area contributed by atoms with Crippen molar-refractivity contribution in [2.75, 3.05) is 19.7 Å². The van der Waals surface area contributed by atoms with E-state index in [0.717, 1.165) is 6.54 Å². The second kappa shape index (κ2) is 5.12. The van der Waals surface area contributed by atoms with E-state index >= 15 is 0 Å². The molecule has 0 spiro atoms. The number of hydrogen-bond acceptors (Lipinski definition) is 5. The van der Waals surface area contributed by atoms with Gasteiger partial charge in [-0.3, -0.25) is 14.2 Å². The van der Waals surface area contributed by atoms with Crippen molar-refractivity contribution in [2.24, 2.45) is 0 Å². The summed E-state index contributed by atoms with van der Waals surface area (Å²) in [6.07, 6.45) is 1.09. The minimum atomic E-state index is -0.419. The van der Waals surface area contributed by atoms with Crippen LogP contribution < -0.4 is 16.4 Å². The van der Waals surface area contributed by atoms with Gasteiger partial charge in [-0.1, -0.05) is 0 Å². The van der Waals surface area contributed by atoms with Gasteiger partial charge in [0.2, 0.25) is 0 Å². The molecule has 0 bridgehead atoms. The lowest BCUT2D eigenvalue weighted by molar-refractivity contribution is -0.0215. The molecule has 2 aromatic heterocycles. The summed E-state index contributed by atoms with van der Waals surface area (Å²) >= 11 is 3.24. The molecule has 1 saturated heterocycles. The molecule has 3 rings (SSSR count). The Hall–Kier alpha value is -1.51. The number of rotatable bonds is 1. The molecule has 7 nitrogen and oxygen atoms in total. The van der Waals surface area contributed by atoms with Crippen LogP contribution >= 0.6 is 15.9 Å². The number of morpholine rings is 1. The lowest BCUT2D eigenvalue weighted by Gasteiger charge is -2.25. The fourth-order valence-electron chi connectivity index (χ4n) is 2.24. The van der Waals surface area contributed by atoms with Crippen molar-refractivity contribution in [1.29, 1.82) is 0 Å². The Labute approximate surface area is 122 Å². The number of hydrogen-bond donors (Lipinski definition) is 2. The molecule has 2 aromatic rings. The first kappa shape index (κ1) is 13.5. The van der Waals surface area contributed by atoms with Crippen LogP contribution in [0.2, 0.25) is 0 Å². The van der Waals surface area contributed by atoms with E-state index in [2.05, 4.69) is 31.2 Å². The standard InChI is InChI=1S/C12H13BrN4O3/c1-6-15-10-7(11(18)16-6)5-17(12(19)9(10)13)8-4-14-2-3-20-8/h5,8,14H,2-4H2,1H3,(H,15,16,18). The highest BCUT2D eigenvalue weighted by Gasteiger charge is 2.20. The van der Waals surface area contributed by atoms with Crippen LogP contribution in [0.1, 0.15) is 12.1 Å². The van der Waals surface area contributed by atoms with E-state index in [4.69, 9.17) is 4.74 Å². The molecule has 1 aliphatic heterocycles. The zero-order valence-corrected chi connectivity index (χ0v) is 12.4. The van der Waals surface area contributed by atoms with E-state index in [1.165, 1.54) is 10.8 Å². The van der Waals surface area contributed by atoms with Gasteiger partial charge >= 0.3 is 0 Å². The number of ether oxygens (including phenoxy) is 1. The Kier molecular flexibility index (Phi) is 3.45. The maximum absolute atomic E-state index is 12.4. The maximum Gasteiger partial charge on any atom is 0.269 e. The van der Waals surface area contributed by atoms with Gasteiger partial charge in [0.15, 0.2) is 0 Å². The highest BCUT2D eigenvalue weighted by molar-refractivity contribution is 9.10. The lowest BCUT2D eigenvalue weighted by atomic mass is 10.3. The number of nitrogens with one attached hydrogen (secondary N) is 2. The van der Waals surface area contributed by atoms with Crippen LogP contribution in [-0.4, -0.2) is 34.2 Å². The summed E-state index contributed by atoms with van der Waals surface area (Å²) in [7, 11) is 0. The van der Waals surface area contributed by atoms with Gasteiger partial charge in [0, 0.05) is 19.3 Å². The number of aryl methyl sites for hydroxylation is 1. The predicted molar refractivity (Wildman–Crippen MR) is 76.9 cm³/mol. The van der Waals surface area contributed by atoms with Crippen LogP contribution in [0.25, 0.3) is 10.9 Å². The molecule has 1 unspecified atom stereocenters. The number of fused-ring (bicyclic) bond motifs is 1. The molecule has 1 atom stereocenters. The van der Waals surface area contributed by atoms with Gasteiger partial charge in [-0.25, -0.2) is 4.98 Å². The maximum atomic E-state index is 12.4. The highest BCUT2D eigenvalue weighted by Crippen LogP contribution is 2.18. The molecular weight excluding hydrogens is 328 g/mol. The fraction of sp³-hybridized carbons (Fsp3) is 0.417. The van der Waals surface area contributed by atoms with Crippen LogP contribution in [0.3, 0.4) is 0 Å². The van der Waals surface area contributed by atoms with E-state index in [9.17, 15) is 9.59 Å². The molecular formula is C12H13BrN4O3. The Morgan fingerprint density at radius 2 is 2.30 bits per heavy atom. The number of aromatic amines is 1. The molecule has 1 fully saturated rings. The zero-order chi connectivity index (χ0) is 14.3. The Balaban J connectivity index is 2.27. The molecule has 106 valence electrons. The third-order valence-electron chi connectivity index (χ3n) is 3.19. The lowest BCUT2D eigenvalue weighted by Crippen LogP contribution is -2.40. The number of H-pyrrole nitrogens is 1. The van der Waals surface area contributed by atoms with Crippen LogP contribution in [0.5, 0.6) is 0 Å². The average molecular weight is 341 g/mol. The topological polar surface area (TPSA) is 89.0 Å². The summed E-state index contributed by atoms with van der Waals surface area (Å²) in [5.74, 6) is 0.468. The summed E-state index contributed by atoms with van der Waals surface area (Å²) in [4.78, 5) is 31.2. The molecule has 1 aliphatic rings. The second-order valence-corrected chi connectivity index (χ2v) is 5.39. The third-order valence-corrected chi connectivity index (χ3v) is 3.91. The predicted octanol–water partition coefficient (Wildman–Crippen LogP) is 0.274. The number of halogens is 1. The van der Waals surface area contributed by atoms with Crippen LogP contribution in [0.15, 0.2) is 20.3 Å². The summed E-state index contributed by atoms with van der Waals surface area (Å²) in [6, 6.07) is 0. The summed E-state index contributed by atoms with van der Waals surface area (Å²) < 4.78 is 7.26. The monoisotopic (exact) mass is 340 g/mol. The minimum Gasteiger partial charge on any atom is -0.355 e. The van der Waals surface area contributed by atoms with Crippen molar-refractivity contribution in [2.45, 2.75) is 13.2 Å². The van der Waals surface area contributed by atoms with Gasteiger partial charge in [-0.2, -0.15) is 0 Å². The number of aromatic nitrogens is 3. The first-order chi connectivity index (χ1) is 9.58. The largest absolute Gasteiger partial charge is 0.355 e. The van der Waals surface area contributed by atoms with E-state index < -0.39 is 6.23 Å². The van der Waals surface area contributed by atoms with Gasteiger partial charge < -0.3 is 15.0 Å². The fourth-order valence-corrected chi connectivity index (χ4v) is 2.75. The second-order valence-electron chi connectivity index (χ2n) is 4.60. The molecule has 2 N–H and O–H groups in total. The molecule has 20 heavy (non-hydrogen) atoms. The van der Waals surface area contributed by atoms with E-state index in [1.807, 2.05) is 0 Å². The molecule has 0 amide bonds. The Morgan fingerprint density at radius 3 is 3.00 bits per heavy atom. The van der Waals surface area contributed by atoms with Gasteiger partial charge in [0.05, 0.1) is 17.5 Å². The van der Waals surface area contributed by atoms with E-state index in [-0.39, 0.29) is 15.6 Å². The van der Waals surface area contributed by atoms with Crippen molar-refractivity contribution in [3.63, 3.8) is 0 Å². The molecule has 3 heterocycles. The van der Waals surface area contributed by atoms with Gasteiger partial charge in [0.1, 0.15) is 16.5 Å². The highest BCUT2D eigenvalue weighted by atomic mass is 79.9. The van der Waals surface area contributed by atoms with Crippen molar-refractivity contribution in [3.05, 3.63) is 37.2 Å². The average Bonchev–Trinajstić information content (AvgIpc) is 2.44. The van der Waals surface area contributed by atoms with Crippen molar-refractivity contribution >= 4 is 26.8 Å². The normalized spacial score (nSPS) is 19.4. The summed E-state index contributed by atoms with van der Waals surface area (Å²) in [5, 5.41) is 3.51. The molecule has 8 heteroatoms. The first-order valence-corrected chi connectivity index (χ1v) is 7.01. The van der Waals surface area contributed by atoms with Crippen LogP contribution in [-0.2, 0) is 4.74 Å². The number of nitrogens with zero attached hydrogens (tertiary/aromatic N) is 2. The van der Waals surface area contributed by atoms with Crippen LogP contribution in [0.4, 0.5) is 0 Å². The van der Waals surface area contributed by atoms with Crippen molar-refractivity contribution in [1.82, 2.24) is 19.9 Å². The molecule has 0 aromatic carbocycles. The Morgan fingerprint density at radius 1 is 1.50 bits per heavy atom. The van der Waals surface area contributed by atoms with E-state index in [1.54, 1.807) is 6.92 Å². The molecule has 0 radical (unpaired) electrons. The summed E-state index contributed by atoms with van der Waals surface area (Å²) in [5.41, 5.74) is -0.161. The van der Waals surface area contributed by atoms with Crippen molar-refractivity contribution < 1.29 is 4.74 Å². The zero-order valence-electron chi connectivity index (χ0n) is 10.8. The SMILES string of the molecule is Cc1nc2c(Br)c(=O)n(C3CNCCO3)cc2c(=O)[nH]1.